The van der Waals surface area contributed by atoms with Crippen LogP contribution in [0.3, 0.4) is 0 Å². The van der Waals surface area contributed by atoms with Gasteiger partial charge in [-0.15, -0.1) is 0 Å². The van der Waals surface area contributed by atoms with Gasteiger partial charge in [0.1, 0.15) is 13.2 Å². The fourth-order valence-electron chi connectivity index (χ4n) is 2.64. The van der Waals surface area contributed by atoms with Crippen molar-refractivity contribution in [3.8, 4) is 11.5 Å². The molecule has 0 aliphatic carbocycles. The zero-order chi connectivity index (χ0) is 21.3. The molecule has 156 valence electrons. The first-order valence-corrected chi connectivity index (χ1v) is 9.23. The first kappa shape index (κ1) is 20.9. The maximum Gasteiger partial charge on any atom is 0.337 e. The Balaban J connectivity index is 1.41. The van der Waals surface area contributed by atoms with Crippen LogP contribution < -0.4 is 14.8 Å². The fraction of sp³-hybridized carbons (Fsp3) is 0.227. The molecule has 1 N–H and O–H groups in total. The Hall–Kier alpha value is -3.81. The molecule has 0 bridgehead atoms. The summed E-state index contributed by atoms with van der Waals surface area (Å²) in [5.74, 6) is -0.217. The molecule has 0 spiro atoms. The summed E-state index contributed by atoms with van der Waals surface area (Å²) in [7, 11) is 1.31. The van der Waals surface area contributed by atoms with Crippen LogP contribution in [0.15, 0.2) is 48.5 Å². The van der Waals surface area contributed by atoms with Gasteiger partial charge in [-0.2, -0.15) is 0 Å². The van der Waals surface area contributed by atoms with Crippen molar-refractivity contribution in [1.29, 1.82) is 0 Å². The second-order valence-electron chi connectivity index (χ2n) is 6.31. The van der Waals surface area contributed by atoms with Crippen LogP contribution in [0, 0.1) is 0 Å². The van der Waals surface area contributed by atoms with E-state index < -0.39 is 24.5 Å². The second kappa shape index (κ2) is 10.1. The van der Waals surface area contributed by atoms with Gasteiger partial charge in [-0.3, -0.25) is 4.79 Å². The highest BCUT2D eigenvalue weighted by Crippen LogP contribution is 2.31. The van der Waals surface area contributed by atoms with Gasteiger partial charge in [0.2, 0.25) is 0 Å². The normalized spacial score (nSPS) is 12.3. The smallest absolute Gasteiger partial charge is 0.337 e. The van der Waals surface area contributed by atoms with Crippen LogP contribution >= 0.6 is 0 Å². The summed E-state index contributed by atoms with van der Waals surface area (Å²) in [5, 5.41) is 2.64. The van der Waals surface area contributed by atoms with Gasteiger partial charge in [0.15, 0.2) is 18.1 Å². The summed E-state index contributed by atoms with van der Waals surface area (Å²) in [6.45, 7) is 0.831. The van der Waals surface area contributed by atoms with Crippen LogP contribution in [0.25, 0.3) is 6.08 Å². The summed E-state index contributed by atoms with van der Waals surface area (Å²) in [6.07, 6.45) is 2.81. The first-order valence-electron chi connectivity index (χ1n) is 9.23. The Kier molecular flexibility index (Phi) is 7.05. The summed E-state index contributed by atoms with van der Waals surface area (Å²) >= 11 is 0. The van der Waals surface area contributed by atoms with E-state index in [1.807, 2.05) is 0 Å². The van der Waals surface area contributed by atoms with Crippen LogP contribution in [-0.2, 0) is 25.6 Å². The van der Waals surface area contributed by atoms with Crippen LogP contribution in [0.2, 0.25) is 0 Å². The lowest BCUT2D eigenvalue weighted by molar-refractivity contribution is -0.143. The summed E-state index contributed by atoms with van der Waals surface area (Å²) in [5.41, 5.74) is 1.96. The first-order chi connectivity index (χ1) is 14.5. The number of amides is 1. The third-order valence-electron chi connectivity index (χ3n) is 4.19. The fourth-order valence-corrected chi connectivity index (χ4v) is 2.64. The molecule has 0 saturated carbocycles. The maximum absolute atomic E-state index is 11.9. The number of hydrogen-bond acceptors (Lipinski definition) is 7. The zero-order valence-corrected chi connectivity index (χ0v) is 16.4. The van der Waals surface area contributed by atoms with Gasteiger partial charge in [0.25, 0.3) is 5.91 Å². The van der Waals surface area contributed by atoms with Crippen molar-refractivity contribution < 1.29 is 33.3 Å². The molecule has 1 aliphatic rings. The Labute approximate surface area is 173 Å². The molecule has 0 unspecified atom stereocenters. The number of rotatable bonds is 7. The molecule has 8 heteroatoms. The predicted octanol–water partition coefficient (Wildman–Crippen LogP) is 2.12. The monoisotopic (exact) mass is 411 g/mol. The lowest BCUT2D eigenvalue weighted by Gasteiger charge is -2.18. The van der Waals surface area contributed by atoms with Crippen molar-refractivity contribution in [3.63, 3.8) is 0 Å². The lowest BCUT2D eigenvalue weighted by Crippen LogP contribution is -2.28. The number of fused-ring (bicyclic) bond motifs is 1. The van der Waals surface area contributed by atoms with Crippen molar-refractivity contribution in [1.82, 2.24) is 5.32 Å². The van der Waals surface area contributed by atoms with Crippen LogP contribution in [-0.4, -0.2) is 44.8 Å². The van der Waals surface area contributed by atoms with E-state index in [1.165, 1.54) is 13.2 Å². The number of nitrogens with one attached hydrogen (secondary N) is 1. The average molecular weight is 411 g/mol. The third-order valence-corrected chi connectivity index (χ3v) is 4.19. The Morgan fingerprint density at radius 1 is 1.03 bits per heavy atom. The van der Waals surface area contributed by atoms with Crippen LogP contribution in [0.4, 0.5) is 0 Å². The molecule has 8 nitrogen and oxygen atoms in total. The lowest BCUT2D eigenvalue weighted by atomic mass is 10.1. The number of carbonyl (C=O) groups excluding carboxylic acids is 3. The van der Waals surface area contributed by atoms with E-state index in [-0.39, 0.29) is 6.54 Å². The van der Waals surface area contributed by atoms with E-state index in [9.17, 15) is 14.4 Å². The van der Waals surface area contributed by atoms with Gasteiger partial charge in [0, 0.05) is 12.6 Å². The van der Waals surface area contributed by atoms with Gasteiger partial charge in [-0.1, -0.05) is 18.2 Å². The van der Waals surface area contributed by atoms with Crippen molar-refractivity contribution in [2.24, 2.45) is 0 Å². The number of carbonyl (C=O) groups is 3. The molecular weight excluding hydrogens is 390 g/mol. The molecular formula is C22H21NO7. The van der Waals surface area contributed by atoms with Gasteiger partial charge < -0.3 is 24.3 Å². The highest BCUT2D eigenvalue weighted by Gasteiger charge is 2.11. The van der Waals surface area contributed by atoms with E-state index in [0.717, 1.165) is 11.1 Å². The second-order valence-corrected chi connectivity index (χ2v) is 6.31. The van der Waals surface area contributed by atoms with E-state index in [4.69, 9.17) is 14.2 Å². The molecule has 2 aromatic carbocycles. The van der Waals surface area contributed by atoms with Gasteiger partial charge in [0.05, 0.1) is 12.7 Å². The highest BCUT2D eigenvalue weighted by molar-refractivity contribution is 5.90. The minimum Gasteiger partial charge on any atom is -0.486 e. The average Bonchev–Trinajstić information content (AvgIpc) is 2.79. The molecule has 1 aliphatic heterocycles. The molecule has 0 aromatic heterocycles. The largest absolute Gasteiger partial charge is 0.486 e. The number of hydrogen-bond donors (Lipinski definition) is 1. The Bertz CT molecular complexity index is 950. The molecule has 1 heterocycles. The minimum atomic E-state index is -0.637. The number of methoxy groups -OCH3 is 1. The van der Waals surface area contributed by atoms with Gasteiger partial charge in [-0.05, 0) is 41.5 Å². The van der Waals surface area contributed by atoms with Crippen molar-refractivity contribution in [3.05, 3.63) is 65.2 Å². The van der Waals surface area contributed by atoms with E-state index in [0.29, 0.717) is 30.3 Å². The summed E-state index contributed by atoms with van der Waals surface area (Å²) in [4.78, 5) is 35.1. The zero-order valence-electron chi connectivity index (χ0n) is 16.4. The van der Waals surface area contributed by atoms with Crippen LogP contribution in [0.5, 0.6) is 11.5 Å². The van der Waals surface area contributed by atoms with E-state index >= 15 is 0 Å². The standard InChI is InChI=1S/C22H21NO7/c1-27-22(26)17-6-2-16(3-7-17)13-23-20(24)14-30-21(25)9-5-15-4-8-18-19(12-15)29-11-10-28-18/h2-9,12H,10-11,13-14H2,1H3,(H,23,24)/b9-5+. The molecule has 0 radical (unpaired) electrons. The SMILES string of the molecule is COC(=O)c1ccc(CNC(=O)COC(=O)/C=C/c2ccc3c(c2)OCCO3)cc1. The van der Waals surface area contributed by atoms with Gasteiger partial charge in [-0.25, -0.2) is 9.59 Å². The Morgan fingerprint density at radius 3 is 2.50 bits per heavy atom. The molecule has 0 atom stereocenters. The third kappa shape index (κ3) is 5.84. The minimum absolute atomic E-state index is 0.241. The molecule has 0 saturated heterocycles. The summed E-state index contributed by atoms with van der Waals surface area (Å²) < 4.78 is 20.5. The van der Waals surface area contributed by atoms with E-state index in [2.05, 4.69) is 10.1 Å². The molecule has 1 amide bonds. The maximum atomic E-state index is 11.9. The molecule has 30 heavy (non-hydrogen) atoms. The van der Waals surface area contributed by atoms with E-state index in [1.54, 1.807) is 48.5 Å². The van der Waals surface area contributed by atoms with Gasteiger partial charge >= 0.3 is 11.9 Å². The topological polar surface area (TPSA) is 100 Å². The predicted molar refractivity (Wildman–Crippen MR) is 107 cm³/mol. The van der Waals surface area contributed by atoms with Crippen molar-refractivity contribution >= 4 is 23.9 Å². The quantitative estimate of drug-likeness (QED) is 0.550. The van der Waals surface area contributed by atoms with Crippen molar-refractivity contribution in [2.75, 3.05) is 26.9 Å². The number of esters is 2. The number of ether oxygens (including phenoxy) is 4. The molecule has 3 rings (SSSR count). The van der Waals surface area contributed by atoms with Crippen LogP contribution in [0.1, 0.15) is 21.5 Å². The number of benzene rings is 2. The molecule has 2 aromatic rings. The highest BCUT2D eigenvalue weighted by atomic mass is 16.6. The van der Waals surface area contributed by atoms with Crippen molar-refractivity contribution in [2.45, 2.75) is 6.54 Å². The Morgan fingerprint density at radius 2 is 1.77 bits per heavy atom. The molecule has 0 fully saturated rings. The summed E-state index contributed by atoms with van der Waals surface area (Å²) in [6, 6.07) is 11.9.